The van der Waals surface area contributed by atoms with Gasteiger partial charge in [-0.15, -0.1) is 11.3 Å². The van der Waals surface area contributed by atoms with Crippen molar-refractivity contribution >= 4 is 27.3 Å². The third-order valence-electron chi connectivity index (χ3n) is 2.16. The lowest BCUT2D eigenvalue weighted by molar-refractivity contribution is 0.0746. The van der Waals surface area contributed by atoms with Gasteiger partial charge in [-0.1, -0.05) is 20.8 Å². The van der Waals surface area contributed by atoms with Gasteiger partial charge in [0.1, 0.15) is 4.21 Å². The predicted molar refractivity (Wildman–Crippen MR) is 72.1 cm³/mol. The highest BCUT2D eigenvalue weighted by Crippen LogP contribution is 2.21. The molecular weight excluding hydrogens is 272 g/mol. The van der Waals surface area contributed by atoms with Crippen LogP contribution in [0.15, 0.2) is 15.7 Å². The molecule has 0 saturated carbocycles. The number of primary sulfonamides is 1. The van der Waals surface area contributed by atoms with Crippen LogP contribution >= 0.6 is 11.3 Å². The van der Waals surface area contributed by atoms with Crippen LogP contribution in [0.5, 0.6) is 0 Å². The van der Waals surface area contributed by atoms with Gasteiger partial charge in [0.25, 0.3) is 5.91 Å². The van der Waals surface area contributed by atoms with Crippen LogP contribution in [0.4, 0.5) is 0 Å². The first-order valence-corrected chi connectivity index (χ1v) is 7.80. The fourth-order valence-electron chi connectivity index (χ4n) is 1.58. The van der Waals surface area contributed by atoms with Gasteiger partial charge in [0.05, 0.1) is 5.56 Å². The number of sulfonamides is 1. The summed E-state index contributed by atoms with van der Waals surface area (Å²) < 4.78 is 22.3. The second-order valence-corrected chi connectivity index (χ2v) is 8.12. The van der Waals surface area contributed by atoms with Crippen molar-refractivity contribution in [3.05, 3.63) is 17.0 Å². The highest BCUT2D eigenvalue weighted by atomic mass is 32.2. The number of hydrogen-bond donors (Lipinski definition) is 1. The van der Waals surface area contributed by atoms with Gasteiger partial charge in [0.2, 0.25) is 10.0 Å². The van der Waals surface area contributed by atoms with Gasteiger partial charge in [-0.2, -0.15) is 0 Å². The quantitative estimate of drug-likeness (QED) is 0.916. The van der Waals surface area contributed by atoms with Gasteiger partial charge in [0, 0.05) is 19.0 Å². The maximum atomic E-state index is 12.1. The number of nitrogens with zero attached hydrogens (tertiary/aromatic N) is 1. The van der Waals surface area contributed by atoms with Gasteiger partial charge in [-0.3, -0.25) is 4.79 Å². The predicted octanol–water partition coefficient (Wildman–Crippen LogP) is 1.51. The monoisotopic (exact) mass is 290 g/mol. The van der Waals surface area contributed by atoms with E-state index in [2.05, 4.69) is 0 Å². The molecule has 0 spiro atoms. The highest BCUT2D eigenvalue weighted by molar-refractivity contribution is 7.91. The van der Waals surface area contributed by atoms with Crippen LogP contribution < -0.4 is 5.14 Å². The third kappa shape index (κ3) is 4.08. The maximum absolute atomic E-state index is 12.1. The molecule has 1 rings (SSSR count). The molecule has 5 nitrogen and oxygen atoms in total. The van der Waals surface area contributed by atoms with Crippen molar-refractivity contribution in [3.63, 3.8) is 0 Å². The Hall–Kier alpha value is -0.920. The van der Waals surface area contributed by atoms with E-state index in [9.17, 15) is 13.2 Å². The zero-order valence-corrected chi connectivity index (χ0v) is 12.6. The van der Waals surface area contributed by atoms with E-state index in [0.717, 1.165) is 11.3 Å². The Kier molecular flexibility index (Phi) is 4.19. The van der Waals surface area contributed by atoms with E-state index < -0.39 is 10.0 Å². The lowest BCUT2D eigenvalue weighted by Crippen LogP contribution is -2.34. The SMILES string of the molecule is CN(CC(C)(C)C)C(=O)c1csc(S(N)(=O)=O)c1. The standard InChI is InChI=1S/C11H18N2O3S2/c1-11(2,3)7-13(4)10(14)8-5-9(17-6-8)18(12,15)16/h5-6H,7H2,1-4H3,(H2,12,15,16). The molecule has 0 fully saturated rings. The summed E-state index contributed by atoms with van der Waals surface area (Å²) in [4.78, 5) is 13.6. The minimum Gasteiger partial charge on any atom is -0.341 e. The Bertz CT molecular complexity index is 541. The number of carbonyl (C=O) groups is 1. The molecule has 0 aliphatic rings. The van der Waals surface area contributed by atoms with Crippen molar-refractivity contribution in [1.82, 2.24) is 4.90 Å². The first-order valence-electron chi connectivity index (χ1n) is 5.37. The molecule has 1 aromatic heterocycles. The fraction of sp³-hybridized carbons (Fsp3) is 0.545. The fourth-order valence-corrected chi connectivity index (χ4v) is 3.16. The summed E-state index contributed by atoms with van der Waals surface area (Å²) in [6.45, 7) is 6.67. The molecule has 1 amide bonds. The van der Waals surface area contributed by atoms with Crippen molar-refractivity contribution in [3.8, 4) is 0 Å². The molecule has 0 aliphatic carbocycles. The van der Waals surface area contributed by atoms with Crippen molar-refractivity contribution in [2.24, 2.45) is 10.6 Å². The van der Waals surface area contributed by atoms with Crippen molar-refractivity contribution in [1.29, 1.82) is 0 Å². The molecule has 7 heteroatoms. The Morgan fingerprint density at radius 1 is 1.44 bits per heavy atom. The molecule has 0 saturated heterocycles. The normalized spacial score (nSPS) is 12.5. The molecule has 1 heterocycles. The highest BCUT2D eigenvalue weighted by Gasteiger charge is 2.21. The average Bonchev–Trinajstić information content (AvgIpc) is 2.61. The summed E-state index contributed by atoms with van der Waals surface area (Å²) in [6, 6.07) is 1.32. The zero-order valence-electron chi connectivity index (χ0n) is 10.9. The zero-order chi connectivity index (χ0) is 14.1. The topological polar surface area (TPSA) is 80.5 Å². The Balaban J connectivity index is 2.89. The second kappa shape index (κ2) is 4.99. The van der Waals surface area contributed by atoms with Crippen molar-refractivity contribution in [2.45, 2.75) is 25.0 Å². The Labute approximate surface area is 112 Å². The van der Waals surface area contributed by atoms with E-state index in [1.165, 1.54) is 11.4 Å². The van der Waals surface area contributed by atoms with E-state index in [1.54, 1.807) is 11.9 Å². The molecule has 0 atom stereocenters. The summed E-state index contributed by atoms with van der Waals surface area (Å²) in [6.07, 6.45) is 0. The summed E-state index contributed by atoms with van der Waals surface area (Å²) in [5.74, 6) is -0.198. The number of carbonyl (C=O) groups excluding carboxylic acids is 1. The van der Waals surface area contributed by atoms with Crippen LogP contribution in [-0.2, 0) is 10.0 Å². The maximum Gasteiger partial charge on any atom is 0.254 e. The molecule has 2 N–H and O–H groups in total. The lowest BCUT2D eigenvalue weighted by Gasteiger charge is -2.26. The molecule has 0 unspecified atom stereocenters. The van der Waals surface area contributed by atoms with E-state index in [-0.39, 0.29) is 15.5 Å². The van der Waals surface area contributed by atoms with Gasteiger partial charge in [-0.25, -0.2) is 13.6 Å². The smallest absolute Gasteiger partial charge is 0.254 e. The average molecular weight is 290 g/mol. The Morgan fingerprint density at radius 2 is 2.00 bits per heavy atom. The van der Waals surface area contributed by atoms with E-state index >= 15 is 0 Å². The first kappa shape index (κ1) is 15.1. The first-order chi connectivity index (χ1) is 8.00. The van der Waals surface area contributed by atoms with E-state index in [0.29, 0.717) is 12.1 Å². The summed E-state index contributed by atoms with van der Waals surface area (Å²) in [7, 11) is -2.03. The molecule has 18 heavy (non-hydrogen) atoms. The van der Waals surface area contributed by atoms with Gasteiger partial charge < -0.3 is 4.90 Å². The number of nitrogens with two attached hydrogens (primary N) is 1. The van der Waals surface area contributed by atoms with Crippen LogP contribution in [0.1, 0.15) is 31.1 Å². The van der Waals surface area contributed by atoms with Crippen LogP contribution in [0.2, 0.25) is 0 Å². The second-order valence-electron chi connectivity index (χ2n) is 5.42. The summed E-state index contributed by atoms with van der Waals surface area (Å²) in [5.41, 5.74) is 0.346. The van der Waals surface area contributed by atoms with Crippen molar-refractivity contribution < 1.29 is 13.2 Å². The molecule has 0 bridgehead atoms. The van der Waals surface area contributed by atoms with Crippen LogP contribution in [-0.4, -0.2) is 32.8 Å². The molecule has 0 radical (unpaired) electrons. The van der Waals surface area contributed by atoms with Crippen molar-refractivity contribution in [2.75, 3.05) is 13.6 Å². The van der Waals surface area contributed by atoms with Gasteiger partial charge >= 0.3 is 0 Å². The van der Waals surface area contributed by atoms with Gasteiger partial charge in [0.15, 0.2) is 0 Å². The minimum atomic E-state index is -3.73. The summed E-state index contributed by atoms with van der Waals surface area (Å²) in [5, 5.41) is 6.52. The van der Waals surface area contributed by atoms with Crippen LogP contribution in [0, 0.1) is 5.41 Å². The van der Waals surface area contributed by atoms with Crippen LogP contribution in [0.3, 0.4) is 0 Å². The molecule has 102 valence electrons. The van der Waals surface area contributed by atoms with E-state index in [4.69, 9.17) is 5.14 Å². The lowest BCUT2D eigenvalue weighted by atomic mass is 9.96. The molecule has 0 aromatic carbocycles. The third-order valence-corrected chi connectivity index (χ3v) is 4.55. The molecule has 1 aromatic rings. The Morgan fingerprint density at radius 3 is 2.39 bits per heavy atom. The number of amides is 1. The number of hydrogen-bond acceptors (Lipinski definition) is 4. The molecular formula is C11H18N2O3S2. The van der Waals surface area contributed by atoms with Gasteiger partial charge in [-0.05, 0) is 11.5 Å². The van der Waals surface area contributed by atoms with E-state index in [1.807, 2.05) is 20.8 Å². The molecule has 0 aliphatic heterocycles. The number of thiophene rings is 1. The summed E-state index contributed by atoms with van der Waals surface area (Å²) >= 11 is 0.960. The van der Waals surface area contributed by atoms with Crippen LogP contribution in [0.25, 0.3) is 0 Å². The minimum absolute atomic E-state index is 0.00927. The largest absolute Gasteiger partial charge is 0.341 e. The number of rotatable bonds is 3.